The molecule has 1 unspecified atom stereocenters. The Morgan fingerprint density at radius 2 is 1.93 bits per heavy atom. The van der Waals surface area contributed by atoms with Crippen molar-refractivity contribution in [2.45, 2.75) is 13.2 Å². The van der Waals surface area contributed by atoms with Gasteiger partial charge in [-0.1, -0.05) is 0 Å². The summed E-state index contributed by atoms with van der Waals surface area (Å²) in [6, 6.07) is 3.42. The Bertz CT molecular complexity index is 541. The van der Waals surface area contributed by atoms with E-state index in [0.29, 0.717) is 22.4 Å². The second-order valence-corrected chi connectivity index (χ2v) is 3.32. The van der Waals surface area contributed by atoms with Crippen LogP contribution in [0.25, 0.3) is 10.9 Å². The van der Waals surface area contributed by atoms with Gasteiger partial charge in [0.05, 0.1) is 10.9 Å². The zero-order valence-electron chi connectivity index (χ0n) is 7.97. The van der Waals surface area contributed by atoms with E-state index in [1.54, 1.807) is 19.1 Å². The highest BCUT2D eigenvalue weighted by Crippen LogP contribution is 2.39. The molecule has 1 atom stereocenters. The maximum Gasteiger partial charge on any atom is 0.238 e. The van der Waals surface area contributed by atoms with E-state index in [-0.39, 0.29) is 12.2 Å². The third-order valence-corrected chi connectivity index (χ3v) is 2.27. The minimum absolute atomic E-state index is 0.0500. The number of benzene rings is 1. The van der Waals surface area contributed by atoms with E-state index < -0.39 is 0 Å². The first-order valence-corrected chi connectivity index (χ1v) is 4.55. The van der Waals surface area contributed by atoms with E-state index in [4.69, 9.17) is 9.47 Å². The predicted molar refractivity (Wildman–Crippen MR) is 51.9 cm³/mol. The third kappa shape index (κ3) is 1.16. The van der Waals surface area contributed by atoms with E-state index in [9.17, 15) is 5.11 Å². The minimum atomic E-state index is -0.299. The predicted octanol–water partition coefficient (Wildman–Crippen LogP) is 1.45. The third-order valence-electron chi connectivity index (χ3n) is 2.27. The van der Waals surface area contributed by atoms with Crippen LogP contribution in [-0.2, 0) is 0 Å². The average Bonchev–Trinajstić information content (AvgIpc) is 2.55. The van der Waals surface area contributed by atoms with Crippen molar-refractivity contribution < 1.29 is 14.6 Å². The molecule has 0 bridgehead atoms. The minimum Gasteiger partial charge on any atom is -0.493 e. The summed E-state index contributed by atoms with van der Waals surface area (Å²) in [7, 11) is 0. The molecule has 0 saturated heterocycles. The van der Waals surface area contributed by atoms with Crippen LogP contribution in [0.5, 0.6) is 17.4 Å². The smallest absolute Gasteiger partial charge is 0.238 e. The lowest BCUT2D eigenvalue weighted by Gasteiger charge is -2.00. The molecule has 0 radical (unpaired) electrons. The zero-order chi connectivity index (χ0) is 10.4. The molecule has 1 aliphatic heterocycles. The molecule has 3 rings (SSSR count). The van der Waals surface area contributed by atoms with Crippen LogP contribution >= 0.6 is 0 Å². The maximum absolute atomic E-state index is 9.52. The van der Waals surface area contributed by atoms with Crippen LogP contribution in [-0.4, -0.2) is 21.4 Å². The summed E-state index contributed by atoms with van der Waals surface area (Å²) in [5.41, 5.74) is 0.638. The number of hydrogen-bond donors (Lipinski definition) is 1. The second kappa shape index (κ2) is 2.73. The molecule has 76 valence electrons. The van der Waals surface area contributed by atoms with Gasteiger partial charge in [0.25, 0.3) is 0 Å². The summed E-state index contributed by atoms with van der Waals surface area (Å²) in [6.45, 7) is 1.80. The molecule has 5 nitrogen and oxygen atoms in total. The van der Waals surface area contributed by atoms with Gasteiger partial charge >= 0.3 is 0 Å². The van der Waals surface area contributed by atoms with Gasteiger partial charge in [0.1, 0.15) is 6.33 Å². The Labute approximate surface area is 85.3 Å². The molecule has 2 heterocycles. The first kappa shape index (κ1) is 8.28. The van der Waals surface area contributed by atoms with Gasteiger partial charge < -0.3 is 14.6 Å². The van der Waals surface area contributed by atoms with E-state index in [1.807, 2.05) is 0 Å². The fraction of sp³-hybridized carbons (Fsp3) is 0.200. The van der Waals surface area contributed by atoms with E-state index >= 15 is 0 Å². The summed E-state index contributed by atoms with van der Waals surface area (Å²) in [5.74, 6) is 1.21. The number of fused-ring (bicyclic) bond motifs is 2. The monoisotopic (exact) mass is 204 g/mol. The molecule has 1 aromatic heterocycles. The van der Waals surface area contributed by atoms with E-state index in [1.165, 1.54) is 6.33 Å². The largest absolute Gasteiger partial charge is 0.493 e. The highest BCUT2D eigenvalue weighted by molar-refractivity contribution is 5.86. The van der Waals surface area contributed by atoms with Crippen molar-refractivity contribution in [3.05, 3.63) is 18.5 Å². The summed E-state index contributed by atoms with van der Waals surface area (Å²) in [5, 5.41) is 10.1. The molecule has 0 fully saturated rings. The zero-order valence-corrected chi connectivity index (χ0v) is 7.97. The van der Waals surface area contributed by atoms with Crippen molar-refractivity contribution in [1.82, 2.24) is 9.97 Å². The van der Waals surface area contributed by atoms with Crippen LogP contribution in [0.2, 0.25) is 0 Å². The molecule has 1 aromatic carbocycles. The highest BCUT2D eigenvalue weighted by atomic mass is 16.7. The van der Waals surface area contributed by atoms with Crippen molar-refractivity contribution in [2.75, 3.05) is 0 Å². The normalized spacial score (nSPS) is 18.3. The number of ether oxygens (including phenoxy) is 2. The molecule has 5 heteroatoms. The van der Waals surface area contributed by atoms with Crippen LogP contribution in [0, 0.1) is 0 Å². The number of aromatic hydroxyl groups is 1. The Morgan fingerprint density at radius 1 is 1.20 bits per heavy atom. The fourth-order valence-corrected chi connectivity index (χ4v) is 1.62. The Morgan fingerprint density at radius 3 is 2.73 bits per heavy atom. The lowest BCUT2D eigenvalue weighted by atomic mass is 10.2. The summed E-state index contributed by atoms with van der Waals surface area (Å²) >= 11 is 0. The number of hydrogen-bond acceptors (Lipinski definition) is 5. The highest BCUT2D eigenvalue weighted by Gasteiger charge is 2.21. The van der Waals surface area contributed by atoms with Gasteiger partial charge in [-0.3, -0.25) is 0 Å². The first-order valence-electron chi connectivity index (χ1n) is 4.55. The lowest BCUT2D eigenvalue weighted by molar-refractivity contribution is 0.0679. The standard InChI is InChI=1S/C10H8N2O3/c1-5-14-8-2-6-7(3-9(8)15-5)11-4-12-10(6)13/h2-5H,1H3,(H,11,12,13). The van der Waals surface area contributed by atoms with Gasteiger partial charge in [-0.15, -0.1) is 0 Å². The Balaban J connectivity index is 2.30. The fourth-order valence-electron chi connectivity index (χ4n) is 1.62. The van der Waals surface area contributed by atoms with Crippen LogP contribution in [0.4, 0.5) is 0 Å². The quantitative estimate of drug-likeness (QED) is 0.703. The summed E-state index contributed by atoms with van der Waals surface area (Å²) < 4.78 is 10.8. The van der Waals surface area contributed by atoms with Crippen LogP contribution < -0.4 is 9.47 Å². The number of nitrogens with zero attached hydrogens (tertiary/aromatic N) is 2. The van der Waals surface area contributed by atoms with Gasteiger partial charge in [0.2, 0.25) is 12.2 Å². The van der Waals surface area contributed by atoms with Crippen LogP contribution in [0.15, 0.2) is 18.5 Å². The molecule has 1 N–H and O–H groups in total. The second-order valence-electron chi connectivity index (χ2n) is 3.32. The van der Waals surface area contributed by atoms with Gasteiger partial charge in [0.15, 0.2) is 11.5 Å². The van der Waals surface area contributed by atoms with Crippen molar-refractivity contribution in [3.8, 4) is 17.4 Å². The number of aromatic nitrogens is 2. The molecule has 0 amide bonds. The maximum atomic E-state index is 9.52. The van der Waals surface area contributed by atoms with Crippen molar-refractivity contribution in [1.29, 1.82) is 0 Å². The lowest BCUT2D eigenvalue weighted by Crippen LogP contribution is -2.11. The Kier molecular flexibility index (Phi) is 1.50. The molecule has 2 aromatic rings. The van der Waals surface area contributed by atoms with Crippen LogP contribution in [0.1, 0.15) is 6.92 Å². The van der Waals surface area contributed by atoms with Gasteiger partial charge in [0, 0.05) is 13.0 Å². The SMILES string of the molecule is CC1Oc2cc3ncnc(O)c3cc2O1. The van der Waals surface area contributed by atoms with E-state index in [2.05, 4.69) is 9.97 Å². The Hall–Kier alpha value is -2.04. The van der Waals surface area contributed by atoms with Crippen molar-refractivity contribution in [3.63, 3.8) is 0 Å². The molecule has 15 heavy (non-hydrogen) atoms. The van der Waals surface area contributed by atoms with Gasteiger partial charge in [-0.05, 0) is 6.07 Å². The first-order chi connectivity index (χ1) is 7.24. The molecule has 0 spiro atoms. The van der Waals surface area contributed by atoms with E-state index in [0.717, 1.165) is 0 Å². The molecular formula is C10H8N2O3. The summed E-state index contributed by atoms with van der Waals surface area (Å²) in [4.78, 5) is 7.74. The van der Waals surface area contributed by atoms with Gasteiger partial charge in [-0.2, -0.15) is 0 Å². The van der Waals surface area contributed by atoms with Crippen LogP contribution in [0.3, 0.4) is 0 Å². The van der Waals surface area contributed by atoms with Gasteiger partial charge in [-0.25, -0.2) is 9.97 Å². The molecular weight excluding hydrogens is 196 g/mol. The average molecular weight is 204 g/mol. The summed E-state index contributed by atoms with van der Waals surface area (Å²) in [6.07, 6.45) is 1.01. The number of rotatable bonds is 0. The molecule has 0 saturated carbocycles. The molecule has 1 aliphatic rings. The molecule has 0 aliphatic carbocycles. The topological polar surface area (TPSA) is 64.5 Å². The van der Waals surface area contributed by atoms with Crippen molar-refractivity contribution in [2.24, 2.45) is 0 Å². The van der Waals surface area contributed by atoms with Crippen molar-refractivity contribution >= 4 is 10.9 Å².